The first-order chi connectivity index (χ1) is 13.4. The Morgan fingerprint density at radius 2 is 2.25 bits per heavy atom. The summed E-state index contributed by atoms with van der Waals surface area (Å²) >= 11 is 3.51. The summed E-state index contributed by atoms with van der Waals surface area (Å²) in [5.41, 5.74) is 0. The fourth-order valence-corrected chi connectivity index (χ4v) is 4.81. The van der Waals surface area contributed by atoms with Gasteiger partial charge in [0, 0.05) is 30.4 Å². The number of likely N-dealkylation sites (tertiary alicyclic amines) is 1. The Labute approximate surface area is 193 Å². The van der Waals surface area contributed by atoms with Crippen molar-refractivity contribution >= 4 is 53.0 Å². The molecule has 0 amide bonds. The molecule has 0 spiro atoms. The number of thioether (sulfide) groups is 1. The second-order valence-corrected chi connectivity index (χ2v) is 8.66. The van der Waals surface area contributed by atoms with Crippen LogP contribution in [0.25, 0.3) is 0 Å². The number of furan rings is 1. The molecule has 2 aromatic rings. The van der Waals surface area contributed by atoms with Gasteiger partial charge < -0.3 is 15.1 Å². The normalized spacial score (nSPS) is 16.0. The van der Waals surface area contributed by atoms with Crippen molar-refractivity contribution in [3.05, 3.63) is 35.7 Å². The third-order valence-corrected chi connectivity index (χ3v) is 6.52. The topological polar surface area (TPSA) is 65.7 Å². The summed E-state index contributed by atoms with van der Waals surface area (Å²) in [4.78, 5) is 11.6. The van der Waals surface area contributed by atoms with Crippen LogP contribution < -0.4 is 10.6 Å². The largest absolute Gasteiger partial charge is 0.468 e. The SMILES string of the molecule is CCNC(=NCC(c1ccco1)N1CCCC1)NCCCSc1nccs1.I. The number of nitrogens with one attached hydrogen (secondary N) is 2. The zero-order valence-corrected chi connectivity index (χ0v) is 20.3. The minimum absolute atomic E-state index is 0. The van der Waals surface area contributed by atoms with Gasteiger partial charge in [-0.2, -0.15) is 0 Å². The van der Waals surface area contributed by atoms with E-state index in [0.29, 0.717) is 6.54 Å². The lowest BCUT2D eigenvalue weighted by Crippen LogP contribution is -2.39. The van der Waals surface area contributed by atoms with Crippen LogP contribution in [0.15, 0.2) is 43.7 Å². The summed E-state index contributed by atoms with van der Waals surface area (Å²) in [7, 11) is 0. The van der Waals surface area contributed by atoms with Gasteiger partial charge in [0.05, 0.1) is 18.8 Å². The van der Waals surface area contributed by atoms with E-state index in [1.807, 2.05) is 29.4 Å². The van der Waals surface area contributed by atoms with Gasteiger partial charge in [-0.15, -0.1) is 35.3 Å². The van der Waals surface area contributed by atoms with Crippen LogP contribution in [0.4, 0.5) is 0 Å². The van der Waals surface area contributed by atoms with Crippen LogP contribution in [0, 0.1) is 0 Å². The van der Waals surface area contributed by atoms with Crippen molar-refractivity contribution in [3.63, 3.8) is 0 Å². The van der Waals surface area contributed by atoms with Gasteiger partial charge in [0.25, 0.3) is 0 Å². The molecule has 1 fully saturated rings. The van der Waals surface area contributed by atoms with E-state index in [9.17, 15) is 0 Å². The zero-order valence-electron chi connectivity index (χ0n) is 16.3. The Bertz CT molecular complexity index is 660. The lowest BCUT2D eigenvalue weighted by Gasteiger charge is -2.24. The molecule has 6 nitrogen and oxygen atoms in total. The molecule has 0 bridgehead atoms. The van der Waals surface area contributed by atoms with Gasteiger partial charge in [-0.1, -0.05) is 11.8 Å². The first kappa shape index (κ1) is 23.5. The summed E-state index contributed by atoms with van der Waals surface area (Å²) in [6, 6.07) is 4.25. The highest BCUT2D eigenvalue weighted by Crippen LogP contribution is 2.25. The van der Waals surface area contributed by atoms with Gasteiger partial charge >= 0.3 is 0 Å². The Morgan fingerprint density at radius 1 is 1.39 bits per heavy atom. The summed E-state index contributed by atoms with van der Waals surface area (Å²) in [6.07, 6.45) is 7.21. The Balaban J connectivity index is 0.00000280. The van der Waals surface area contributed by atoms with Crippen molar-refractivity contribution in [1.82, 2.24) is 20.5 Å². The van der Waals surface area contributed by atoms with Crippen LogP contribution in [-0.4, -0.2) is 54.3 Å². The maximum Gasteiger partial charge on any atom is 0.191 e. The fourth-order valence-electron chi connectivity index (χ4n) is 3.16. The number of hydrogen-bond donors (Lipinski definition) is 2. The quantitative estimate of drug-likeness (QED) is 0.156. The van der Waals surface area contributed by atoms with Gasteiger partial charge in [-0.25, -0.2) is 4.98 Å². The van der Waals surface area contributed by atoms with E-state index in [2.05, 4.69) is 33.5 Å². The molecule has 0 radical (unpaired) electrons. The van der Waals surface area contributed by atoms with E-state index >= 15 is 0 Å². The van der Waals surface area contributed by atoms with Crippen molar-refractivity contribution < 1.29 is 4.42 Å². The Hall–Kier alpha value is -0.780. The minimum Gasteiger partial charge on any atom is -0.468 e. The van der Waals surface area contributed by atoms with E-state index in [1.54, 1.807) is 17.6 Å². The summed E-state index contributed by atoms with van der Waals surface area (Å²) < 4.78 is 6.83. The standard InChI is InChI=1S/C19H29N5OS2.HI/c1-2-20-18(21-8-6-13-26-19-22-9-14-27-19)23-15-16(17-7-5-12-25-17)24-10-3-4-11-24;/h5,7,9,12,14,16H,2-4,6,8,10-11,13,15H2,1H3,(H2,20,21,23);1H. The molecule has 1 atom stereocenters. The maximum atomic E-state index is 5.69. The molecule has 3 heterocycles. The highest BCUT2D eigenvalue weighted by molar-refractivity contribution is 14.0. The van der Waals surface area contributed by atoms with Crippen LogP contribution in [-0.2, 0) is 0 Å². The van der Waals surface area contributed by atoms with E-state index < -0.39 is 0 Å². The van der Waals surface area contributed by atoms with Gasteiger partial charge in [-0.05, 0) is 51.4 Å². The average molecular weight is 536 g/mol. The van der Waals surface area contributed by atoms with Crippen LogP contribution in [0.1, 0.15) is 38.0 Å². The third kappa shape index (κ3) is 7.57. The first-order valence-corrected chi connectivity index (χ1v) is 11.5. The highest BCUT2D eigenvalue weighted by Gasteiger charge is 2.25. The molecule has 0 saturated carbocycles. The van der Waals surface area contributed by atoms with Gasteiger partial charge in [0.1, 0.15) is 10.1 Å². The Kier molecular flexibility index (Phi) is 11.3. The molecule has 9 heteroatoms. The maximum absolute atomic E-state index is 5.69. The monoisotopic (exact) mass is 535 g/mol. The molecule has 0 aromatic carbocycles. The average Bonchev–Trinajstić information content (AvgIpc) is 3.44. The van der Waals surface area contributed by atoms with Crippen LogP contribution in [0.3, 0.4) is 0 Å². The zero-order chi connectivity index (χ0) is 18.7. The summed E-state index contributed by atoms with van der Waals surface area (Å²) in [5.74, 6) is 2.95. The number of guanidine groups is 1. The third-order valence-electron chi connectivity index (χ3n) is 4.47. The van der Waals surface area contributed by atoms with Gasteiger partial charge in [-0.3, -0.25) is 9.89 Å². The lowest BCUT2D eigenvalue weighted by molar-refractivity contribution is 0.221. The van der Waals surface area contributed by atoms with E-state index in [-0.39, 0.29) is 30.0 Å². The number of aromatic nitrogens is 1. The van der Waals surface area contributed by atoms with Crippen LogP contribution in [0.5, 0.6) is 0 Å². The van der Waals surface area contributed by atoms with Crippen molar-refractivity contribution in [2.24, 2.45) is 4.99 Å². The molecule has 0 aliphatic carbocycles. The number of halogens is 1. The van der Waals surface area contributed by atoms with E-state index in [1.165, 1.54) is 12.8 Å². The van der Waals surface area contributed by atoms with Crippen LogP contribution in [0.2, 0.25) is 0 Å². The van der Waals surface area contributed by atoms with Crippen molar-refractivity contribution in [2.75, 3.05) is 38.5 Å². The predicted molar refractivity (Wildman–Crippen MR) is 129 cm³/mol. The second kappa shape index (κ2) is 13.4. The number of nitrogens with zero attached hydrogens (tertiary/aromatic N) is 3. The van der Waals surface area contributed by atoms with Crippen molar-refractivity contribution in [2.45, 2.75) is 36.6 Å². The molecule has 2 N–H and O–H groups in total. The molecular weight excluding hydrogens is 505 g/mol. The van der Waals surface area contributed by atoms with Gasteiger partial charge in [0.2, 0.25) is 0 Å². The highest BCUT2D eigenvalue weighted by atomic mass is 127. The number of rotatable bonds is 10. The molecule has 1 saturated heterocycles. The molecular formula is C19H30IN5OS2. The molecule has 3 rings (SSSR count). The summed E-state index contributed by atoms with van der Waals surface area (Å²) in [6.45, 7) is 6.81. The van der Waals surface area contributed by atoms with Crippen LogP contribution >= 0.6 is 47.1 Å². The molecule has 1 aliphatic rings. The van der Waals surface area contributed by atoms with E-state index in [4.69, 9.17) is 9.41 Å². The Morgan fingerprint density at radius 3 is 2.93 bits per heavy atom. The molecule has 2 aromatic heterocycles. The molecule has 1 unspecified atom stereocenters. The molecule has 156 valence electrons. The molecule has 1 aliphatic heterocycles. The molecule has 28 heavy (non-hydrogen) atoms. The fraction of sp³-hybridized carbons (Fsp3) is 0.579. The van der Waals surface area contributed by atoms with Crippen molar-refractivity contribution in [1.29, 1.82) is 0 Å². The summed E-state index contributed by atoms with van der Waals surface area (Å²) in [5, 5.41) is 8.82. The van der Waals surface area contributed by atoms with E-state index in [0.717, 1.165) is 54.4 Å². The number of aliphatic imine (C=N–C) groups is 1. The lowest BCUT2D eigenvalue weighted by atomic mass is 10.2. The first-order valence-electron chi connectivity index (χ1n) is 9.68. The second-order valence-electron chi connectivity index (χ2n) is 6.42. The minimum atomic E-state index is 0. The van der Waals surface area contributed by atoms with Gasteiger partial charge in [0.15, 0.2) is 5.96 Å². The number of thiazole rings is 1. The van der Waals surface area contributed by atoms with Crippen molar-refractivity contribution in [3.8, 4) is 0 Å². The predicted octanol–water partition coefficient (Wildman–Crippen LogP) is 4.23. The smallest absolute Gasteiger partial charge is 0.191 e. The number of hydrogen-bond acceptors (Lipinski definition) is 6.